The first-order valence-corrected chi connectivity index (χ1v) is 9.60. The summed E-state index contributed by atoms with van der Waals surface area (Å²) in [5, 5.41) is 8.88. The molecule has 0 spiro atoms. The second-order valence-electron chi connectivity index (χ2n) is 4.53. The van der Waals surface area contributed by atoms with E-state index in [2.05, 4.69) is 69.2 Å². The second kappa shape index (κ2) is 7.68. The van der Waals surface area contributed by atoms with Crippen molar-refractivity contribution in [3.05, 3.63) is 82.4 Å². The predicted molar refractivity (Wildman–Crippen MR) is 101 cm³/mol. The average molecular weight is 463 g/mol. The Balaban J connectivity index is 1.87. The summed E-state index contributed by atoms with van der Waals surface area (Å²) in [4.78, 5) is 0. The number of nitrogens with zero attached hydrogens (tertiary/aromatic N) is 2. The van der Waals surface area contributed by atoms with Gasteiger partial charge in [-0.2, -0.15) is 0 Å². The van der Waals surface area contributed by atoms with Crippen molar-refractivity contribution < 1.29 is 0 Å². The van der Waals surface area contributed by atoms with E-state index in [1.165, 1.54) is 8.92 Å². The molecule has 0 unspecified atom stereocenters. The number of hydrogen-bond acceptors (Lipinski definition) is 2. The van der Waals surface area contributed by atoms with Gasteiger partial charge in [0.15, 0.2) is 0 Å². The predicted octanol–water partition coefficient (Wildman–Crippen LogP) is 4.36. The summed E-state index contributed by atoms with van der Waals surface area (Å²) < 4.78 is 3.69. The zero-order chi connectivity index (χ0) is 15.2. The first kappa shape index (κ1) is 15.4. The fourth-order valence-electron chi connectivity index (χ4n) is 1.88. The van der Waals surface area contributed by atoms with E-state index in [-0.39, 0.29) is 15.0 Å². The molecule has 0 aliphatic carbocycles. The summed E-state index contributed by atoms with van der Waals surface area (Å²) >= 11 is 2.52. The van der Waals surface area contributed by atoms with Crippen molar-refractivity contribution in [1.29, 1.82) is 0 Å². The summed E-state index contributed by atoms with van der Waals surface area (Å²) in [7, 11) is 0. The third-order valence-corrected chi connectivity index (χ3v) is 6.12. The van der Waals surface area contributed by atoms with E-state index < -0.39 is 0 Å². The molecule has 0 aliphatic heterocycles. The Labute approximate surface area is 150 Å². The molecule has 0 aromatic heterocycles. The minimum absolute atomic E-state index is 0.237. The SMILES string of the molecule is Ic1ccccc1N=Nc1ccccc1[Se]c1ccccc1. The van der Waals surface area contributed by atoms with Gasteiger partial charge in [-0.15, -0.1) is 0 Å². The number of rotatable bonds is 4. The second-order valence-corrected chi connectivity index (χ2v) is 8.04. The Hall–Kier alpha value is -1.49. The van der Waals surface area contributed by atoms with Gasteiger partial charge < -0.3 is 0 Å². The molecule has 3 aromatic rings. The quantitative estimate of drug-likeness (QED) is 0.312. The Kier molecular flexibility index (Phi) is 5.38. The summed E-state index contributed by atoms with van der Waals surface area (Å²) in [6, 6.07) is 26.8. The molecular formula is C18H13IN2Se. The van der Waals surface area contributed by atoms with Gasteiger partial charge in [0.1, 0.15) is 0 Å². The molecule has 22 heavy (non-hydrogen) atoms. The topological polar surface area (TPSA) is 24.7 Å². The molecule has 108 valence electrons. The molecule has 0 aliphatic rings. The van der Waals surface area contributed by atoms with E-state index in [4.69, 9.17) is 0 Å². The van der Waals surface area contributed by atoms with Crippen LogP contribution in [0.2, 0.25) is 0 Å². The van der Waals surface area contributed by atoms with Crippen LogP contribution in [-0.2, 0) is 0 Å². The van der Waals surface area contributed by atoms with Crippen molar-refractivity contribution in [2.45, 2.75) is 0 Å². The van der Waals surface area contributed by atoms with Crippen LogP contribution in [0, 0.1) is 3.57 Å². The van der Waals surface area contributed by atoms with Crippen LogP contribution in [-0.4, -0.2) is 15.0 Å². The molecule has 0 atom stereocenters. The molecule has 3 rings (SSSR count). The molecule has 0 heterocycles. The van der Waals surface area contributed by atoms with Gasteiger partial charge >= 0.3 is 151 Å². The summed E-state index contributed by atoms with van der Waals surface area (Å²) in [5.74, 6) is 0. The van der Waals surface area contributed by atoms with Gasteiger partial charge in [0, 0.05) is 0 Å². The first-order chi connectivity index (χ1) is 10.8. The number of halogens is 1. The fraction of sp³-hybridized carbons (Fsp3) is 0. The monoisotopic (exact) mass is 464 g/mol. The molecule has 0 saturated heterocycles. The number of hydrogen-bond donors (Lipinski definition) is 0. The molecule has 0 fully saturated rings. The molecule has 4 heteroatoms. The molecule has 2 nitrogen and oxygen atoms in total. The van der Waals surface area contributed by atoms with Crippen molar-refractivity contribution in [2.75, 3.05) is 0 Å². The van der Waals surface area contributed by atoms with Gasteiger partial charge in [-0.1, -0.05) is 0 Å². The van der Waals surface area contributed by atoms with Crippen molar-refractivity contribution in [2.24, 2.45) is 10.2 Å². The van der Waals surface area contributed by atoms with Gasteiger partial charge in [-0.3, -0.25) is 0 Å². The van der Waals surface area contributed by atoms with Crippen molar-refractivity contribution in [1.82, 2.24) is 0 Å². The van der Waals surface area contributed by atoms with Crippen molar-refractivity contribution >= 4 is 57.8 Å². The summed E-state index contributed by atoms with van der Waals surface area (Å²) in [5.41, 5.74) is 1.86. The zero-order valence-electron chi connectivity index (χ0n) is 11.7. The average Bonchev–Trinajstić information content (AvgIpc) is 2.56. The van der Waals surface area contributed by atoms with Crippen LogP contribution in [0.25, 0.3) is 0 Å². The van der Waals surface area contributed by atoms with E-state index in [1.807, 2.05) is 42.5 Å². The third-order valence-electron chi connectivity index (χ3n) is 2.95. The Morgan fingerprint density at radius 3 is 2.00 bits per heavy atom. The van der Waals surface area contributed by atoms with Crippen LogP contribution in [0.5, 0.6) is 0 Å². The Morgan fingerprint density at radius 1 is 0.636 bits per heavy atom. The van der Waals surface area contributed by atoms with E-state index in [0.29, 0.717) is 0 Å². The summed E-state index contributed by atoms with van der Waals surface area (Å²) in [6.07, 6.45) is 0. The summed E-state index contributed by atoms with van der Waals surface area (Å²) in [6.45, 7) is 0. The normalized spacial score (nSPS) is 11.0. The maximum atomic E-state index is 4.47. The van der Waals surface area contributed by atoms with Gasteiger partial charge in [0.25, 0.3) is 0 Å². The molecule has 3 aromatic carbocycles. The van der Waals surface area contributed by atoms with E-state index in [0.717, 1.165) is 14.9 Å². The third kappa shape index (κ3) is 4.03. The Bertz CT molecular complexity index is 788. The minimum atomic E-state index is 0.237. The molecule has 0 saturated carbocycles. The van der Waals surface area contributed by atoms with Gasteiger partial charge in [-0.25, -0.2) is 0 Å². The molecule has 0 N–H and O–H groups in total. The van der Waals surface area contributed by atoms with Crippen LogP contribution in [0.15, 0.2) is 89.1 Å². The molecule has 0 amide bonds. The van der Waals surface area contributed by atoms with Crippen molar-refractivity contribution in [3.8, 4) is 0 Å². The van der Waals surface area contributed by atoms with E-state index in [9.17, 15) is 0 Å². The van der Waals surface area contributed by atoms with Crippen LogP contribution in [0.1, 0.15) is 0 Å². The molecule has 0 radical (unpaired) electrons. The van der Waals surface area contributed by atoms with Gasteiger partial charge in [0.05, 0.1) is 0 Å². The maximum absolute atomic E-state index is 4.47. The Morgan fingerprint density at radius 2 is 1.23 bits per heavy atom. The van der Waals surface area contributed by atoms with E-state index in [1.54, 1.807) is 0 Å². The fourth-order valence-corrected chi connectivity index (χ4v) is 4.28. The van der Waals surface area contributed by atoms with Gasteiger partial charge in [0.2, 0.25) is 0 Å². The molecular weight excluding hydrogens is 450 g/mol. The standard InChI is InChI=1S/C18H13IN2Se/c19-15-10-4-5-11-16(15)20-21-17-12-6-7-13-18(17)22-14-8-2-1-3-9-14/h1-13H. The zero-order valence-corrected chi connectivity index (χ0v) is 15.6. The van der Waals surface area contributed by atoms with Crippen LogP contribution < -0.4 is 8.92 Å². The van der Waals surface area contributed by atoms with Crippen LogP contribution in [0.3, 0.4) is 0 Å². The number of azo groups is 1. The van der Waals surface area contributed by atoms with Crippen LogP contribution in [0.4, 0.5) is 11.4 Å². The number of benzene rings is 3. The van der Waals surface area contributed by atoms with Crippen molar-refractivity contribution in [3.63, 3.8) is 0 Å². The molecule has 0 bridgehead atoms. The van der Waals surface area contributed by atoms with Crippen LogP contribution >= 0.6 is 22.6 Å². The van der Waals surface area contributed by atoms with E-state index >= 15 is 0 Å². The van der Waals surface area contributed by atoms with Gasteiger partial charge in [-0.05, 0) is 0 Å². The first-order valence-electron chi connectivity index (χ1n) is 6.81.